The van der Waals surface area contributed by atoms with Crippen molar-refractivity contribution in [2.24, 2.45) is 0 Å². The van der Waals surface area contributed by atoms with Crippen molar-refractivity contribution in [1.29, 1.82) is 0 Å². The summed E-state index contributed by atoms with van der Waals surface area (Å²) in [5.74, 6) is -1.86. The summed E-state index contributed by atoms with van der Waals surface area (Å²) in [7, 11) is 0. The Labute approximate surface area is 133 Å². The molecule has 0 bridgehead atoms. The van der Waals surface area contributed by atoms with Crippen LogP contribution in [-0.2, 0) is 6.54 Å². The molecule has 1 aromatic carbocycles. The molecule has 1 aromatic heterocycles. The summed E-state index contributed by atoms with van der Waals surface area (Å²) in [4.78, 5) is 20.2. The molecule has 1 saturated heterocycles. The van der Waals surface area contributed by atoms with Gasteiger partial charge >= 0.3 is 0 Å². The first-order valence-electron chi connectivity index (χ1n) is 7.56. The molecule has 0 atom stereocenters. The largest absolute Gasteiger partial charge is 0.336 e. The highest BCUT2D eigenvalue weighted by Crippen LogP contribution is 2.14. The minimum absolute atomic E-state index is 0.0711. The maximum atomic E-state index is 13.7. The number of carbonyl (C=O) groups excluding carboxylic acids is 1. The zero-order valence-electron chi connectivity index (χ0n) is 12.7. The van der Waals surface area contributed by atoms with Crippen LogP contribution in [0.2, 0.25) is 0 Å². The normalized spacial score (nSPS) is 15.8. The summed E-state index contributed by atoms with van der Waals surface area (Å²) in [5, 5.41) is 0. The molecule has 0 aliphatic carbocycles. The Hall–Kier alpha value is -2.28. The molecule has 1 amide bonds. The zero-order valence-corrected chi connectivity index (χ0v) is 12.7. The van der Waals surface area contributed by atoms with E-state index in [1.54, 1.807) is 17.4 Å². The van der Waals surface area contributed by atoms with Crippen LogP contribution in [0.4, 0.5) is 8.78 Å². The van der Waals surface area contributed by atoms with Crippen LogP contribution in [0.25, 0.3) is 0 Å². The Morgan fingerprint density at radius 3 is 2.57 bits per heavy atom. The molecule has 122 valence electrons. The van der Waals surface area contributed by atoms with E-state index in [-0.39, 0.29) is 11.5 Å². The minimum atomic E-state index is -0.808. The Morgan fingerprint density at radius 1 is 1.13 bits per heavy atom. The topological polar surface area (TPSA) is 41.4 Å². The molecular formula is C16H18F2N4O. The van der Waals surface area contributed by atoms with Gasteiger partial charge < -0.3 is 9.47 Å². The Bertz CT molecular complexity index is 667. The van der Waals surface area contributed by atoms with E-state index in [1.807, 2.05) is 10.8 Å². The van der Waals surface area contributed by atoms with Crippen molar-refractivity contribution in [2.75, 3.05) is 32.7 Å². The van der Waals surface area contributed by atoms with Crippen molar-refractivity contribution in [3.8, 4) is 0 Å². The smallest absolute Gasteiger partial charge is 0.256 e. The highest BCUT2D eigenvalue weighted by molar-refractivity contribution is 5.94. The van der Waals surface area contributed by atoms with E-state index in [9.17, 15) is 13.6 Å². The average Bonchev–Trinajstić information content (AvgIpc) is 3.06. The monoisotopic (exact) mass is 320 g/mol. The van der Waals surface area contributed by atoms with Gasteiger partial charge in [0, 0.05) is 57.7 Å². The summed E-state index contributed by atoms with van der Waals surface area (Å²) < 4.78 is 28.6. The number of hydrogen-bond donors (Lipinski definition) is 0. The maximum Gasteiger partial charge on any atom is 0.256 e. The lowest BCUT2D eigenvalue weighted by Crippen LogP contribution is -2.49. The number of piperazine rings is 1. The quantitative estimate of drug-likeness (QED) is 0.860. The molecule has 23 heavy (non-hydrogen) atoms. The molecule has 2 heterocycles. The second-order valence-corrected chi connectivity index (χ2v) is 5.56. The molecule has 0 saturated carbocycles. The average molecular weight is 320 g/mol. The van der Waals surface area contributed by atoms with Gasteiger partial charge in [0.25, 0.3) is 5.91 Å². The predicted octanol–water partition coefficient (Wildman–Crippen LogP) is 1.62. The number of imidazole rings is 1. The minimum Gasteiger partial charge on any atom is -0.336 e. The Morgan fingerprint density at radius 2 is 1.91 bits per heavy atom. The first kappa shape index (κ1) is 15.6. The van der Waals surface area contributed by atoms with Crippen molar-refractivity contribution in [2.45, 2.75) is 6.54 Å². The van der Waals surface area contributed by atoms with Crippen molar-refractivity contribution in [1.82, 2.24) is 19.4 Å². The SMILES string of the molecule is O=C(c1ccc(F)cc1F)N1CCN(CCn2ccnc2)CC1. The second kappa shape index (κ2) is 6.87. The molecule has 5 nitrogen and oxygen atoms in total. The molecule has 3 rings (SSSR count). The highest BCUT2D eigenvalue weighted by atomic mass is 19.1. The lowest BCUT2D eigenvalue weighted by molar-refractivity contribution is 0.0628. The van der Waals surface area contributed by atoms with Gasteiger partial charge in [-0.25, -0.2) is 13.8 Å². The molecule has 0 radical (unpaired) electrons. The number of rotatable bonds is 4. The molecule has 0 unspecified atom stereocenters. The van der Waals surface area contributed by atoms with Crippen LogP contribution in [-0.4, -0.2) is 58.0 Å². The molecule has 2 aromatic rings. The number of aromatic nitrogens is 2. The van der Waals surface area contributed by atoms with Gasteiger partial charge in [0.05, 0.1) is 11.9 Å². The fourth-order valence-electron chi connectivity index (χ4n) is 2.68. The van der Waals surface area contributed by atoms with Crippen LogP contribution in [0.15, 0.2) is 36.9 Å². The third-order valence-electron chi connectivity index (χ3n) is 4.05. The predicted molar refractivity (Wildman–Crippen MR) is 80.9 cm³/mol. The number of nitrogens with zero attached hydrogens (tertiary/aromatic N) is 4. The molecule has 1 fully saturated rings. The van der Waals surface area contributed by atoms with Crippen molar-refractivity contribution >= 4 is 5.91 Å². The Kier molecular flexibility index (Phi) is 4.66. The van der Waals surface area contributed by atoms with Gasteiger partial charge in [0.1, 0.15) is 11.6 Å². The van der Waals surface area contributed by atoms with Crippen molar-refractivity contribution < 1.29 is 13.6 Å². The summed E-state index contributed by atoms with van der Waals surface area (Å²) in [5.41, 5.74) is -0.0711. The number of benzene rings is 1. The standard InChI is InChI=1S/C16H18F2N4O/c17-13-1-2-14(15(18)11-13)16(23)22-9-7-20(8-10-22)5-6-21-4-3-19-12-21/h1-4,11-12H,5-10H2. The Balaban J connectivity index is 1.53. The summed E-state index contributed by atoms with van der Waals surface area (Å²) in [6, 6.07) is 3.06. The van der Waals surface area contributed by atoms with Crippen LogP contribution in [0, 0.1) is 11.6 Å². The molecule has 0 spiro atoms. The van der Waals surface area contributed by atoms with Crippen LogP contribution < -0.4 is 0 Å². The highest BCUT2D eigenvalue weighted by Gasteiger charge is 2.24. The van der Waals surface area contributed by atoms with E-state index in [0.717, 1.165) is 38.3 Å². The van der Waals surface area contributed by atoms with Crippen molar-refractivity contribution in [3.63, 3.8) is 0 Å². The second-order valence-electron chi connectivity index (χ2n) is 5.56. The first-order chi connectivity index (χ1) is 11.1. The van der Waals surface area contributed by atoms with Gasteiger partial charge in [-0.3, -0.25) is 9.69 Å². The van der Waals surface area contributed by atoms with E-state index >= 15 is 0 Å². The lowest BCUT2D eigenvalue weighted by Gasteiger charge is -2.34. The van der Waals surface area contributed by atoms with Gasteiger partial charge in [-0.05, 0) is 12.1 Å². The van der Waals surface area contributed by atoms with Gasteiger partial charge in [-0.1, -0.05) is 0 Å². The van der Waals surface area contributed by atoms with Crippen molar-refractivity contribution in [3.05, 3.63) is 54.1 Å². The van der Waals surface area contributed by atoms with Crippen LogP contribution in [0.3, 0.4) is 0 Å². The molecule has 7 heteroatoms. The van der Waals surface area contributed by atoms with Crippen LogP contribution in [0.1, 0.15) is 10.4 Å². The lowest BCUT2D eigenvalue weighted by atomic mass is 10.1. The van der Waals surface area contributed by atoms with Gasteiger partial charge in [-0.2, -0.15) is 0 Å². The van der Waals surface area contributed by atoms with E-state index in [2.05, 4.69) is 9.88 Å². The van der Waals surface area contributed by atoms with E-state index in [4.69, 9.17) is 0 Å². The van der Waals surface area contributed by atoms with Gasteiger partial charge in [0.2, 0.25) is 0 Å². The molecule has 0 N–H and O–H groups in total. The van der Waals surface area contributed by atoms with E-state index < -0.39 is 11.6 Å². The maximum absolute atomic E-state index is 13.7. The van der Waals surface area contributed by atoms with Gasteiger partial charge in [-0.15, -0.1) is 0 Å². The van der Waals surface area contributed by atoms with Crippen LogP contribution in [0.5, 0.6) is 0 Å². The first-order valence-corrected chi connectivity index (χ1v) is 7.56. The fourth-order valence-corrected chi connectivity index (χ4v) is 2.68. The van der Waals surface area contributed by atoms with Gasteiger partial charge in [0.15, 0.2) is 0 Å². The third kappa shape index (κ3) is 3.73. The summed E-state index contributed by atoms with van der Waals surface area (Å²) in [6.45, 7) is 4.29. The van der Waals surface area contributed by atoms with Crippen LogP contribution >= 0.6 is 0 Å². The number of hydrogen-bond acceptors (Lipinski definition) is 3. The fraction of sp³-hybridized carbons (Fsp3) is 0.375. The zero-order chi connectivity index (χ0) is 16.2. The molecular weight excluding hydrogens is 302 g/mol. The molecule has 1 aliphatic rings. The summed E-state index contributed by atoms with van der Waals surface area (Å²) in [6.07, 6.45) is 5.43. The molecule has 1 aliphatic heterocycles. The van der Waals surface area contributed by atoms with E-state index in [0.29, 0.717) is 13.1 Å². The van der Waals surface area contributed by atoms with E-state index in [1.165, 1.54) is 6.07 Å². The number of amides is 1. The summed E-state index contributed by atoms with van der Waals surface area (Å²) >= 11 is 0. The number of halogens is 2. The third-order valence-corrected chi connectivity index (χ3v) is 4.05. The number of carbonyl (C=O) groups is 1.